The number of benzene rings is 1. The van der Waals surface area contributed by atoms with Crippen LogP contribution in [0.2, 0.25) is 0 Å². The first-order chi connectivity index (χ1) is 10.7. The molecule has 122 valence electrons. The second-order valence-corrected chi connectivity index (χ2v) is 7.66. The smallest absolute Gasteiger partial charge is 0.261 e. The summed E-state index contributed by atoms with van der Waals surface area (Å²) in [5, 5.41) is 0. The molecule has 0 bridgehead atoms. The van der Waals surface area contributed by atoms with E-state index in [-0.39, 0.29) is 29.6 Å². The molecule has 4 heteroatoms. The fourth-order valence-electron chi connectivity index (χ4n) is 3.93. The van der Waals surface area contributed by atoms with Crippen LogP contribution in [0.25, 0.3) is 0 Å². The van der Waals surface area contributed by atoms with Crippen LogP contribution < -0.4 is 0 Å². The van der Waals surface area contributed by atoms with Crippen molar-refractivity contribution in [1.29, 1.82) is 0 Å². The molecule has 1 fully saturated rings. The summed E-state index contributed by atoms with van der Waals surface area (Å²) in [6.45, 7) is 8.26. The van der Waals surface area contributed by atoms with Crippen molar-refractivity contribution in [2.75, 3.05) is 6.54 Å². The van der Waals surface area contributed by atoms with Gasteiger partial charge in [0.25, 0.3) is 11.8 Å². The van der Waals surface area contributed by atoms with E-state index in [9.17, 15) is 14.4 Å². The predicted octanol–water partition coefficient (Wildman–Crippen LogP) is 3.31. The van der Waals surface area contributed by atoms with Crippen LogP contribution in [0.1, 0.15) is 61.3 Å². The van der Waals surface area contributed by atoms with E-state index in [4.69, 9.17) is 0 Å². The highest BCUT2D eigenvalue weighted by Crippen LogP contribution is 2.56. The van der Waals surface area contributed by atoms with Gasteiger partial charge in [0.15, 0.2) is 5.78 Å². The number of Topliss-reactive ketones (excluding diaryl/α,β-unsaturated/α-hetero) is 1. The van der Waals surface area contributed by atoms with Crippen molar-refractivity contribution in [1.82, 2.24) is 4.90 Å². The molecule has 1 aromatic rings. The second kappa shape index (κ2) is 5.02. The highest BCUT2D eigenvalue weighted by Gasteiger charge is 2.54. The number of carbonyl (C=O) groups is 3. The Bertz CT molecular complexity index is 671. The van der Waals surface area contributed by atoms with Crippen LogP contribution in [0.3, 0.4) is 0 Å². The average molecular weight is 313 g/mol. The molecule has 0 unspecified atom stereocenters. The predicted molar refractivity (Wildman–Crippen MR) is 87.1 cm³/mol. The third-order valence-electron chi connectivity index (χ3n) is 6.53. The maximum atomic E-state index is 13.0. The summed E-state index contributed by atoms with van der Waals surface area (Å²) < 4.78 is 0. The highest BCUT2D eigenvalue weighted by atomic mass is 16.2. The molecular weight excluding hydrogens is 290 g/mol. The molecule has 2 aliphatic rings. The van der Waals surface area contributed by atoms with Crippen LogP contribution in [-0.2, 0) is 4.79 Å². The van der Waals surface area contributed by atoms with Crippen molar-refractivity contribution in [2.45, 2.75) is 40.5 Å². The third-order valence-corrected chi connectivity index (χ3v) is 6.53. The Balaban J connectivity index is 1.85. The van der Waals surface area contributed by atoms with E-state index in [2.05, 4.69) is 20.8 Å². The number of nitrogens with zero attached hydrogens (tertiary/aromatic N) is 1. The summed E-state index contributed by atoms with van der Waals surface area (Å²) in [4.78, 5) is 39.0. The molecule has 1 aliphatic carbocycles. The van der Waals surface area contributed by atoms with Gasteiger partial charge in [-0.1, -0.05) is 39.8 Å². The molecule has 23 heavy (non-hydrogen) atoms. The normalized spacial score (nSPS) is 29.0. The van der Waals surface area contributed by atoms with Gasteiger partial charge in [-0.05, 0) is 36.3 Å². The van der Waals surface area contributed by atoms with Gasteiger partial charge in [-0.2, -0.15) is 0 Å². The van der Waals surface area contributed by atoms with Gasteiger partial charge in [0.1, 0.15) is 0 Å². The number of carbonyl (C=O) groups excluding carboxylic acids is 3. The van der Waals surface area contributed by atoms with Crippen molar-refractivity contribution in [3.63, 3.8) is 0 Å². The monoisotopic (exact) mass is 313 g/mol. The molecule has 0 spiro atoms. The first kappa shape index (κ1) is 15.9. The molecule has 2 amide bonds. The Morgan fingerprint density at radius 2 is 1.65 bits per heavy atom. The minimum absolute atomic E-state index is 0.0126. The first-order valence-corrected chi connectivity index (χ1v) is 8.18. The van der Waals surface area contributed by atoms with Gasteiger partial charge < -0.3 is 0 Å². The van der Waals surface area contributed by atoms with Crippen molar-refractivity contribution in [3.8, 4) is 0 Å². The van der Waals surface area contributed by atoms with Crippen LogP contribution in [0, 0.1) is 16.7 Å². The molecule has 0 aromatic heterocycles. The van der Waals surface area contributed by atoms with Gasteiger partial charge in [-0.15, -0.1) is 0 Å². The molecule has 1 saturated carbocycles. The zero-order valence-electron chi connectivity index (χ0n) is 14.2. The van der Waals surface area contributed by atoms with E-state index in [0.29, 0.717) is 17.0 Å². The lowest BCUT2D eigenvalue weighted by Gasteiger charge is -2.40. The summed E-state index contributed by atoms with van der Waals surface area (Å²) in [7, 11) is 0. The van der Waals surface area contributed by atoms with E-state index in [1.54, 1.807) is 24.3 Å². The lowest BCUT2D eigenvalue weighted by molar-refractivity contribution is -0.133. The van der Waals surface area contributed by atoms with Crippen molar-refractivity contribution in [3.05, 3.63) is 35.4 Å². The Morgan fingerprint density at radius 3 is 2.09 bits per heavy atom. The van der Waals surface area contributed by atoms with Crippen molar-refractivity contribution in [2.24, 2.45) is 16.7 Å². The lowest BCUT2D eigenvalue weighted by Crippen LogP contribution is -2.46. The first-order valence-electron chi connectivity index (χ1n) is 8.18. The highest BCUT2D eigenvalue weighted by molar-refractivity contribution is 6.22. The minimum atomic E-state index is -0.498. The number of rotatable bonds is 3. The molecule has 1 aliphatic heterocycles. The van der Waals surface area contributed by atoms with E-state index < -0.39 is 5.41 Å². The van der Waals surface area contributed by atoms with Gasteiger partial charge in [0, 0.05) is 5.41 Å². The molecule has 4 nitrogen and oxygen atoms in total. The van der Waals surface area contributed by atoms with Crippen molar-refractivity contribution < 1.29 is 14.4 Å². The minimum Gasteiger partial charge on any atom is -0.297 e. The molecular formula is C19H23NO3. The lowest BCUT2D eigenvalue weighted by atomic mass is 9.64. The molecule has 0 N–H and O–H groups in total. The number of hydrogen-bond donors (Lipinski definition) is 0. The fraction of sp³-hybridized carbons (Fsp3) is 0.526. The summed E-state index contributed by atoms with van der Waals surface area (Å²) in [5.74, 6) is -0.280. The number of hydrogen-bond acceptors (Lipinski definition) is 3. The maximum Gasteiger partial charge on any atom is 0.261 e. The summed E-state index contributed by atoms with van der Waals surface area (Å²) in [6.07, 6.45) is 1.81. The topological polar surface area (TPSA) is 54.5 Å². The Kier molecular flexibility index (Phi) is 3.47. The van der Waals surface area contributed by atoms with Gasteiger partial charge >= 0.3 is 0 Å². The number of imide groups is 1. The van der Waals surface area contributed by atoms with Gasteiger partial charge in [-0.25, -0.2) is 0 Å². The molecule has 0 radical (unpaired) electrons. The summed E-state index contributed by atoms with van der Waals surface area (Å²) in [5.41, 5.74) is 0.161. The zero-order valence-corrected chi connectivity index (χ0v) is 14.2. The molecule has 1 aromatic carbocycles. The second-order valence-electron chi connectivity index (χ2n) is 7.66. The average Bonchev–Trinajstić information content (AvgIpc) is 2.89. The molecule has 2 atom stereocenters. The van der Waals surface area contributed by atoms with Crippen molar-refractivity contribution >= 4 is 17.6 Å². The van der Waals surface area contributed by atoms with Gasteiger partial charge in [-0.3, -0.25) is 19.3 Å². The Labute approximate surface area is 136 Å². The van der Waals surface area contributed by atoms with Crippen LogP contribution >= 0.6 is 0 Å². The van der Waals surface area contributed by atoms with Gasteiger partial charge in [0.05, 0.1) is 17.7 Å². The van der Waals surface area contributed by atoms with Crippen LogP contribution in [0.15, 0.2) is 24.3 Å². The number of amides is 2. The molecule has 3 rings (SSSR count). The third kappa shape index (κ3) is 2.07. The van der Waals surface area contributed by atoms with E-state index in [1.165, 1.54) is 0 Å². The number of ketones is 1. The van der Waals surface area contributed by atoms with Crippen LogP contribution in [0.5, 0.6) is 0 Å². The number of fused-ring (bicyclic) bond motifs is 1. The van der Waals surface area contributed by atoms with Gasteiger partial charge in [0.2, 0.25) is 0 Å². The van der Waals surface area contributed by atoms with E-state index in [1.807, 2.05) is 6.92 Å². The standard InChI is InChI=1S/C19H23NO3/c1-12-9-10-19(4,18(12,2)3)15(21)11-20-16(22)13-7-5-6-8-14(13)17(20)23/h5-8,12H,9-11H2,1-4H3/t12-,19+/m0/s1. The summed E-state index contributed by atoms with van der Waals surface area (Å²) in [6, 6.07) is 6.75. The molecule has 0 saturated heterocycles. The van der Waals surface area contributed by atoms with Crippen LogP contribution in [-0.4, -0.2) is 29.0 Å². The maximum absolute atomic E-state index is 13.0. The summed E-state index contributed by atoms with van der Waals surface area (Å²) >= 11 is 0. The zero-order chi connectivity index (χ0) is 17.0. The Morgan fingerprint density at radius 1 is 1.13 bits per heavy atom. The van der Waals surface area contributed by atoms with Crippen LogP contribution in [0.4, 0.5) is 0 Å². The fourth-order valence-corrected chi connectivity index (χ4v) is 3.93. The SMILES string of the molecule is C[C@H]1CC[C@](C)(C(=O)CN2C(=O)c3ccccc3C2=O)C1(C)C. The van der Waals surface area contributed by atoms with E-state index >= 15 is 0 Å². The Hall–Kier alpha value is -1.97. The van der Waals surface area contributed by atoms with E-state index in [0.717, 1.165) is 17.7 Å². The largest absolute Gasteiger partial charge is 0.297 e. The molecule has 1 heterocycles. The quantitative estimate of drug-likeness (QED) is 0.804.